The number of anilines is 2. The maximum absolute atomic E-state index is 14.6. The van der Waals surface area contributed by atoms with Gasteiger partial charge < -0.3 is 20.9 Å². The van der Waals surface area contributed by atoms with Gasteiger partial charge in [0.15, 0.2) is 11.5 Å². The molecule has 1 aromatic heterocycles. The summed E-state index contributed by atoms with van der Waals surface area (Å²) in [5.41, 5.74) is 17.7. The molecule has 0 radical (unpaired) electrons. The zero-order valence-electron chi connectivity index (χ0n) is 19.2. The lowest BCUT2D eigenvalue weighted by molar-refractivity contribution is 0.298. The number of hydrogen-bond donors (Lipinski definition) is 2. The van der Waals surface area contributed by atoms with Gasteiger partial charge in [0.1, 0.15) is 58.7 Å². The van der Waals surface area contributed by atoms with Crippen molar-refractivity contribution < 1.29 is 13.9 Å². The molecule has 0 spiro atoms. The van der Waals surface area contributed by atoms with E-state index in [1.54, 1.807) is 25.4 Å². The van der Waals surface area contributed by atoms with E-state index in [0.29, 0.717) is 28.3 Å². The molecule has 12 heteroatoms. The van der Waals surface area contributed by atoms with Crippen molar-refractivity contribution in [2.45, 2.75) is 5.30 Å². The molecule has 0 aliphatic rings. The maximum atomic E-state index is 14.6. The lowest BCUT2D eigenvalue weighted by Crippen LogP contribution is -2.42. The first-order valence-electron chi connectivity index (χ1n) is 10.1. The van der Waals surface area contributed by atoms with Gasteiger partial charge in [0.05, 0.1) is 7.11 Å². The third-order valence-corrected chi connectivity index (χ3v) is 5.30. The summed E-state index contributed by atoms with van der Waals surface area (Å²) in [5, 5.41) is -0.408. The highest BCUT2D eigenvalue weighted by Crippen LogP contribution is 2.33. The lowest BCUT2D eigenvalue weighted by Gasteiger charge is -2.29. The minimum atomic E-state index is -0.443. The Bertz CT molecular complexity index is 1170. The topological polar surface area (TPSA) is 83.4 Å². The molecule has 0 saturated heterocycles. The Labute approximate surface area is 187 Å². The molecule has 152 valence electrons. The minimum Gasteiger partial charge on any atom is -0.511 e. The summed E-state index contributed by atoms with van der Waals surface area (Å²) in [4.78, 5) is 4.36. The van der Waals surface area contributed by atoms with Gasteiger partial charge in [-0.15, -0.1) is 0 Å². The van der Waals surface area contributed by atoms with Gasteiger partial charge in [0.2, 0.25) is 0 Å². The van der Waals surface area contributed by atoms with Crippen molar-refractivity contribution in [2.24, 2.45) is 0 Å². The molecule has 4 N–H and O–H groups in total. The molecule has 31 heavy (non-hydrogen) atoms. The Morgan fingerprint density at radius 1 is 0.935 bits per heavy atom. The normalized spacial score (nSPS) is 11.3. The Kier molecular flexibility index (Phi) is 6.12. The molecule has 0 aliphatic heterocycles. The summed E-state index contributed by atoms with van der Waals surface area (Å²) in [5.74, 6) is 1.20. The summed E-state index contributed by atoms with van der Waals surface area (Å²) in [6.45, 7) is 0. The molecular weight excluding hydrogens is 386 g/mol. The highest BCUT2D eigenvalue weighted by Gasteiger charge is 2.24. The number of methoxy groups -OCH3 is 1. The quantitative estimate of drug-likeness (QED) is 0.327. The van der Waals surface area contributed by atoms with Gasteiger partial charge in [0.25, 0.3) is 0 Å². The second-order valence-electron chi connectivity index (χ2n) is 8.72. The number of halogens is 1. The van der Waals surface area contributed by atoms with E-state index in [2.05, 4.69) is 4.98 Å². The predicted molar refractivity (Wildman–Crippen MR) is 144 cm³/mol. The highest BCUT2D eigenvalue weighted by atomic mass is 19.1. The highest BCUT2D eigenvalue weighted by molar-refractivity contribution is 6.59. The zero-order valence-corrected chi connectivity index (χ0v) is 19.2. The largest absolute Gasteiger partial charge is 0.511 e. The van der Waals surface area contributed by atoms with Crippen LogP contribution in [0.2, 0.25) is 0 Å². The van der Waals surface area contributed by atoms with E-state index in [0.717, 1.165) is 27.5 Å². The average Bonchev–Trinajstić information content (AvgIpc) is 2.67. The number of ether oxygens (including phenoxy) is 2. The Morgan fingerprint density at radius 3 is 2.19 bits per heavy atom. The zero-order chi connectivity index (χ0) is 23.1. The molecular formula is C19H24B6FN3O2. The molecule has 3 rings (SSSR count). The number of rotatable bonds is 5. The van der Waals surface area contributed by atoms with Crippen LogP contribution in [0.5, 0.6) is 11.5 Å². The number of pyridine rings is 1. The van der Waals surface area contributed by atoms with Crippen molar-refractivity contribution in [3.05, 3.63) is 36.3 Å². The molecule has 1 heterocycles. The van der Waals surface area contributed by atoms with E-state index in [9.17, 15) is 4.39 Å². The second kappa shape index (κ2) is 8.33. The van der Waals surface area contributed by atoms with E-state index < -0.39 is 11.1 Å². The fourth-order valence-electron chi connectivity index (χ4n) is 3.78. The second-order valence-corrected chi connectivity index (χ2v) is 8.72. The van der Waals surface area contributed by atoms with E-state index in [-0.39, 0.29) is 5.82 Å². The maximum Gasteiger partial charge on any atom is 0.153 e. The SMILES string of the molecule is Bc1c(B)c(-c2cnc(N)c(-c3ccc(N)cc3F)c2)c(B)c(OC(B)(B)B)c1OC. The van der Waals surface area contributed by atoms with Crippen LogP contribution >= 0.6 is 0 Å². The first kappa shape index (κ1) is 22.8. The number of nitrogens with zero attached hydrogens (tertiary/aromatic N) is 1. The first-order chi connectivity index (χ1) is 14.4. The van der Waals surface area contributed by atoms with Crippen LogP contribution in [0.1, 0.15) is 0 Å². The summed E-state index contributed by atoms with van der Waals surface area (Å²) in [6, 6.07) is 6.41. The van der Waals surface area contributed by atoms with Crippen LogP contribution in [-0.4, -0.2) is 64.5 Å². The molecule has 5 nitrogen and oxygen atoms in total. The van der Waals surface area contributed by atoms with Crippen molar-refractivity contribution in [3.63, 3.8) is 0 Å². The van der Waals surface area contributed by atoms with E-state index >= 15 is 0 Å². The summed E-state index contributed by atoms with van der Waals surface area (Å²) in [7, 11) is 13.6. The molecule has 0 aliphatic carbocycles. The number of benzene rings is 2. The van der Waals surface area contributed by atoms with Crippen LogP contribution in [0.4, 0.5) is 15.9 Å². The fourth-order valence-corrected chi connectivity index (χ4v) is 3.78. The monoisotopic (exact) mass is 411 g/mol. The van der Waals surface area contributed by atoms with Crippen LogP contribution in [0.3, 0.4) is 0 Å². The number of nitrogen functional groups attached to an aromatic ring is 2. The van der Waals surface area contributed by atoms with Crippen molar-refractivity contribution >= 4 is 75.0 Å². The van der Waals surface area contributed by atoms with Crippen LogP contribution in [0.15, 0.2) is 30.5 Å². The van der Waals surface area contributed by atoms with Crippen LogP contribution in [-0.2, 0) is 0 Å². The number of aromatic nitrogens is 1. The molecule has 2 aromatic carbocycles. The van der Waals surface area contributed by atoms with Crippen LogP contribution < -0.4 is 37.3 Å². The van der Waals surface area contributed by atoms with E-state index in [1.165, 1.54) is 6.07 Å². The van der Waals surface area contributed by atoms with E-state index in [4.69, 9.17) is 20.9 Å². The molecule has 0 amide bonds. The van der Waals surface area contributed by atoms with Gasteiger partial charge in [0, 0.05) is 28.3 Å². The summed E-state index contributed by atoms with van der Waals surface area (Å²) in [6.07, 6.45) is 1.70. The molecule has 0 atom stereocenters. The molecule has 0 unspecified atom stereocenters. The Hall–Kier alpha value is -2.89. The number of nitrogens with two attached hydrogens (primary N) is 2. The van der Waals surface area contributed by atoms with Gasteiger partial charge in [-0.05, 0) is 46.3 Å². The van der Waals surface area contributed by atoms with Crippen molar-refractivity contribution in [2.75, 3.05) is 18.6 Å². The molecule has 3 aromatic rings. The smallest absolute Gasteiger partial charge is 0.153 e. The van der Waals surface area contributed by atoms with Gasteiger partial charge in [-0.2, -0.15) is 0 Å². The van der Waals surface area contributed by atoms with Gasteiger partial charge in [-0.25, -0.2) is 9.37 Å². The summed E-state index contributed by atoms with van der Waals surface area (Å²) >= 11 is 0. The van der Waals surface area contributed by atoms with Crippen LogP contribution in [0.25, 0.3) is 22.3 Å². The third kappa shape index (κ3) is 4.43. The Balaban J connectivity index is 2.28. The molecule has 0 fully saturated rings. The molecule has 0 saturated carbocycles. The van der Waals surface area contributed by atoms with Crippen molar-refractivity contribution in [1.82, 2.24) is 4.98 Å². The van der Waals surface area contributed by atoms with Gasteiger partial charge in [-0.1, -0.05) is 5.46 Å². The summed E-state index contributed by atoms with van der Waals surface area (Å²) < 4.78 is 26.6. The minimum absolute atomic E-state index is 0.249. The number of hydrogen-bond acceptors (Lipinski definition) is 5. The fraction of sp³-hybridized carbons (Fsp3) is 0.105. The standard InChI is InChI=1S/C19H24B6FN3O2/c1-30-16-15(22)13(20)12(14(21)17(16)31-19(23,24)25)7-4-10(18(28)29-6-7)9-3-2-8(27)5-11(9)26/h2-6H,20-25,27H2,1H3,(H2,28,29). The Morgan fingerprint density at radius 2 is 1.61 bits per heavy atom. The molecule has 0 bridgehead atoms. The van der Waals surface area contributed by atoms with Crippen LogP contribution in [0, 0.1) is 5.82 Å². The lowest BCUT2D eigenvalue weighted by atomic mass is 9.52. The van der Waals surface area contributed by atoms with Crippen molar-refractivity contribution in [3.8, 4) is 33.8 Å². The predicted octanol–water partition coefficient (Wildman–Crippen LogP) is -4.61. The van der Waals surface area contributed by atoms with E-state index in [1.807, 2.05) is 53.1 Å². The van der Waals surface area contributed by atoms with Crippen molar-refractivity contribution in [1.29, 1.82) is 0 Å². The average molecular weight is 410 g/mol. The van der Waals surface area contributed by atoms with Gasteiger partial charge >= 0.3 is 0 Å². The third-order valence-electron chi connectivity index (χ3n) is 5.30. The van der Waals surface area contributed by atoms with Gasteiger partial charge in [-0.3, -0.25) is 0 Å². The first-order valence-corrected chi connectivity index (χ1v) is 10.1.